The monoisotopic (exact) mass is 515 g/mol. The van der Waals surface area contributed by atoms with E-state index in [0.717, 1.165) is 16.9 Å². The molecule has 1 aromatic heterocycles. The van der Waals surface area contributed by atoms with Gasteiger partial charge >= 0.3 is 11.9 Å². The van der Waals surface area contributed by atoms with Crippen LogP contribution in [0.5, 0.6) is 17.2 Å². The average Bonchev–Trinajstić information content (AvgIpc) is 2.84. The number of carbonyl (C=O) groups excluding carboxylic acids is 3. The summed E-state index contributed by atoms with van der Waals surface area (Å²) in [7, 11) is 3.04. The smallest absolute Gasteiger partial charge is 0.309 e. The Labute approximate surface area is 218 Å². The van der Waals surface area contributed by atoms with Crippen molar-refractivity contribution in [1.82, 2.24) is 4.98 Å². The van der Waals surface area contributed by atoms with E-state index in [4.69, 9.17) is 23.7 Å². The molecule has 2 aromatic rings. The van der Waals surface area contributed by atoms with Crippen molar-refractivity contribution in [3.8, 4) is 17.2 Å². The number of hydrogen-bond donors (Lipinski definition) is 0. The molecule has 0 aliphatic heterocycles. The zero-order valence-electron chi connectivity index (χ0n) is 22.8. The summed E-state index contributed by atoms with van der Waals surface area (Å²) in [5, 5.41) is 0. The first-order valence-electron chi connectivity index (χ1n) is 12.2. The molecule has 0 saturated carbocycles. The fourth-order valence-corrected chi connectivity index (χ4v) is 4.18. The molecule has 1 heterocycles. The molecule has 2 rings (SSSR count). The van der Waals surface area contributed by atoms with Crippen LogP contribution in [0.25, 0.3) is 0 Å². The Morgan fingerprint density at radius 1 is 0.973 bits per heavy atom. The van der Waals surface area contributed by atoms with Gasteiger partial charge in [0.2, 0.25) is 6.79 Å². The number of ether oxygens (including phenoxy) is 5. The van der Waals surface area contributed by atoms with Gasteiger partial charge in [0, 0.05) is 37.1 Å². The largest absolute Gasteiger partial charge is 0.496 e. The molecule has 202 valence electrons. The summed E-state index contributed by atoms with van der Waals surface area (Å²) in [6.45, 7) is 10.4. The van der Waals surface area contributed by atoms with Crippen molar-refractivity contribution < 1.29 is 38.1 Å². The van der Waals surface area contributed by atoms with E-state index in [2.05, 4.69) is 18.8 Å². The quantitative estimate of drug-likeness (QED) is 0.209. The van der Waals surface area contributed by atoms with Gasteiger partial charge in [-0.1, -0.05) is 32.9 Å². The van der Waals surface area contributed by atoms with E-state index in [0.29, 0.717) is 0 Å². The second-order valence-corrected chi connectivity index (χ2v) is 9.27. The fraction of sp³-hybridized carbons (Fsp3) is 0.500. The molecule has 0 bridgehead atoms. The number of methoxy groups -OCH3 is 2. The second-order valence-electron chi connectivity index (χ2n) is 9.27. The van der Waals surface area contributed by atoms with E-state index in [1.54, 1.807) is 14.0 Å². The Kier molecular flexibility index (Phi) is 10.9. The number of pyridine rings is 1. The molecular formula is C28H37NO8. The average molecular weight is 516 g/mol. The molecule has 0 amide bonds. The van der Waals surface area contributed by atoms with Crippen molar-refractivity contribution in [3.05, 3.63) is 47.3 Å². The van der Waals surface area contributed by atoms with Gasteiger partial charge in [-0.15, -0.1) is 0 Å². The normalized spacial score (nSPS) is 13.3. The fourth-order valence-electron chi connectivity index (χ4n) is 4.18. The number of rotatable bonds is 13. The second kappa shape index (κ2) is 13.6. The third kappa shape index (κ3) is 7.93. The van der Waals surface area contributed by atoms with Crippen LogP contribution >= 0.6 is 0 Å². The Hall–Kier alpha value is -3.62. The Bertz CT molecular complexity index is 1100. The van der Waals surface area contributed by atoms with E-state index in [1.807, 2.05) is 32.0 Å². The lowest BCUT2D eigenvalue weighted by Gasteiger charge is -2.30. The summed E-state index contributed by atoms with van der Waals surface area (Å²) >= 11 is 0. The number of ketones is 1. The van der Waals surface area contributed by atoms with Gasteiger partial charge in [0.1, 0.15) is 11.9 Å². The van der Waals surface area contributed by atoms with E-state index >= 15 is 0 Å². The highest BCUT2D eigenvalue weighted by atomic mass is 16.7. The number of Topliss-reactive ketones (excluding diaryl/α,β-unsaturated/α-hetero) is 1. The van der Waals surface area contributed by atoms with Crippen LogP contribution in [0.15, 0.2) is 30.5 Å². The Morgan fingerprint density at radius 2 is 1.65 bits per heavy atom. The molecule has 9 heteroatoms. The molecule has 0 radical (unpaired) electrons. The van der Waals surface area contributed by atoms with E-state index < -0.39 is 36.5 Å². The zero-order valence-corrected chi connectivity index (χ0v) is 22.8. The zero-order chi connectivity index (χ0) is 27.7. The molecule has 0 spiro atoms. The summed E-state index contributed by atoms with van der Waals surface area (Å²) < 4.78 is 27.0. The third-order valence-electron chi connectivity index (χ3n) is 5.99. The molecule has 0 saturated heterocycles. The lowest BCUT2D eigenvalue weighted by molar-refractivity contribution is -0.154. The van der Waals surface area contributed by atoms with Crippen molar-refractivity contribution in [2.24, 2.45) is 11.8 Å². The van der Waals surface area contributed by atoms with Crippen LogP contribution < -0.4 is 14.2 Å². The summed E-state index contributed by atoms with van der Waals surface area (Å²) in [4.78, 5) is 41.3. The molecule has 0 aliphatic carbocycles. The molecule has 9 nitrogen and oxygen atoms in total. The van der Waals surface area contributed by atoms with Crippen molar-refractivity contribution in [3.63, 3.8) is 0 Å². The van der Waals surface area contributed by atoms with Crippen molar-refractivity contribution >= 4 is 17.7 Å². The SMILES string of the molecule is COc1cc(C)ccc1[C@H](C(C)C)[C@H](C)OC(=O)[C@H](C)CC(=O)c1nccc(OC)c1OCOC(C)=O. The van der Waals surface area contributed by atoms with Crippen molar-refractivity contribution in [2.45, 2.75) is 60.0 Å². The van der Waals surface area contributed by atoms with Gasteiger partial charge < -0.3 is 23.7 Å². The number of nitrogens with zero attached hydrogens (tertiary/aromatic N) is 1. The van der Waals surface area contributed by atoms with Crippen LogP contribution in [0, 0.1) is 18.8 Å². The van der Waals surface area contributed by atoms with Crippen LogP contribution in [0.1, 0.15) is 68.6 Å². The van der Waals surface area contributed by atoms with E-state index in [9.17, 15) is 14.4 Å². The van der Waals surface area contributed by atoms with Crippen LogP contribution in [0.2, 0.25) is 0 Å². The molecule has 0 aliphatic rings. The van der Waals surface area contributed by atoms with Gasteiger partial charge in [-0.2, -0.15) is 0 Å². The number of benzene rings is 1. The first-order valence-corrected chi connectivity index (χ1v) is 12.2. The Balaban J connectivity index is 2.16. The lowest BCUT2D eigenvalue weighted by Crippen LogP contribution is -2.30. The van der Waals surface area contributed by atoms with Gasteiger partial charge in [-0.05, 0) is 31.4 Å². The summed E-state index contributed by atoms with van der Waals surface area (Å²) in [6, 6.07) is 7.49. The lowest BCUT2D eigenvalue weighted by atomic mass is 9.83. The summed E-state index contributed by atoms with van der Waals surface area (Å²) in [5.41, 5.74) is 2.01. The third-order valence-corrected chi connectivity index (χ3v) is 5.99. The summed E-state index contributed by atoms with van der Waals surface area (Å²) in [6.07, 6.45) is 0.785. The number of aromatic nitrogens is 1. The predicted octanol–water partition coefficient (Wildman–Crippen LogP) is 4.89. The maximum Gasteiger partial charge on any atom is 0.309 e. The highest BCUT2D eigenvalue weighted by Crippen LogP contribution is 2.37. The predicted molar refractivity (Wildman–Crippen MR) is 137 cm³/mol. The van der Waals surface area contributed by atoms with E-state index in [-0.39, 0.29) is 35.4 Å². The summed E-state index contributed by atoms with van der Waals surface area (Å²) in [5.74, 6) is -1.12. The van der Waals surface area contributed by atoms with Crippen molar-refractivity contribution in [1.29, 1.82) is 0 Å². The van der Waals surface area contributed by atoms with Gasteiger partial charge in [0.25, 0.3) is 0 Å². The van der Waals surface area contributed by atoms with Gasteiger partial charge in [0.05, 0.1) is 20.1 Å². The molecule has 0 unspecified atom stereocenters. The number of aryl methyl sites for hydroxylation is 1. The van der Waals surface area contributed by atoms with Gasteiger partial charge in [-0.25, -0.2) is 4.98 Å². The van der Waals surface area contributed by atoms with Crippen LogP contribution in [0.4, 0.5) is 0 Å². The van der Waals surface area contributed by atoms with Crippen LogP contribution in [-0.2, 0) is 19.1 Å². The minimum Gasteiger partial charge on any atom is -0.496 e. The molecule has 0 N–H and O–H groups in total. The van der Waals surface area contributed by atoms with Gasteiger partial charge in [-0.3, -0.25) is 14.4 Å². The number of carbonyl (C=O) groups is 3. The minimum absolute atomic E-state index is 0.0244. The van der Waals surface area contributed by atoms with Crippen LogP contribution in [-0.4, -0.2) is 49.8 Å². The molecule has 3 atom stereocenters. The molecule has 0 fully saturated rings. The standard InChI is InChI=1S/C28H37NO8/c1-16(2)25(21-10-9-17(3)13-24(21)34-8)19(5)37-28(32)18(4)14-22(31)26-27(36-15-35-20(6)30)23(33-7)11-12-29-26/h9-13,16,18-19,25H,14-15H2,1-8H3/t18-,19+,25-/m1/s1. The van der Waals surface area contributed by atoms with Gasteiger partial charge in [0.15, 0.2) is 23.0 Å². The highest BCUT2D eigenvalue weighted by Gasteiger charge is 2.31. The first kappa shape index (κ1) is 29.6. The molecule has 37 heavy (non-hydrogen) atoms. The maximum atomic E-state index is 13.1. The topological polar surface area (TPSA) is 110 Å². The Morgan fingerprint density at radius 3 is 2.24 bits per heavy atom. The molecule has 1 aromatic carbocycles. The maximum absolute atomic E-state index is 13.1. The number of esters is 2. The highest BCUT2D eigenvalue weighted by molar-refractivity contribution is 5.99. The first-order chi connectivity index (χ1) is 17.5. The van der Waals surface area contributed by atoms with E-state index in [1.165, 1.54) is 26.3 Å². The molecular weight excluding hydrogens is 478 g/mol. The number of hydrogen-bond acceptors (Lipinski definition) is 9. The van der Waals surface area contributed by atoms with Crippen molar-refractivity contribution in [2.75, 3.05) is 21.0 Å². The van der Waals surface area contributed by atoms with Crippen LogP contribution in [0.3, 0.4) is 0 Å². The minimum atomic E-state index is -0.739.